The van der Waals surface area contributed by atoms with Gasteiger partial charge < -0.3 is 5.11 Å². The van der Waals surface area contributed by atoms with E-state index in [-0.39, 0.29) is 0 Å². The summed E-state index contributed by atoms with van der Waals surface area (Å²) in [7, 11) is 0. The summed E-state index contributed by atoms with van der Waals surface area (Å²) in [6.07, 6.45) is 8.17. The molecular formula is C15H22O. The number of aromatic hydroxyl groups is 1. The van der Waals surface area contributed by atoms with Crippen molar-refractivity contribution < 1.29 is 5.11 Å². The first-order valence-electron chi connectivity index (χ1n) is 6.57. The minimum atomic E-state index is 0.472. The molecule has 0 spiro atoms. The van der Waals surface area contributed by atoms with Crippen LogP contribution in [0.5, 0.6) is 5.75 Å². The molecule has 1 N–H and O–H groups in total. The van der Waals surface area contributed by atoms with Crippen LogP contribution in [0, 0.1) is 5.92 Å². The zero-order valence-electron chi connectivity index (χ0n) is 10.2. The highest BCUT2D eigenvalue weighted by atomic mass is 16.3. The molecule has 1 aliphatic rings. The maximum Gasteiger partial charge on any atom is 0.119 e. The number of phenolic OH excluding ortho intramolecular Hbond substituents is 1. The fourth-order valence-corrected chi connectivity index (χ4v) is 2.94. The monoisotopic (exact) mass is 218 g/mol. The lowest BCUT2D eigenvalue weighted by atomic mass is 9.82. The highest BCUT2D eigenvalue weighted by Gasteiger charge is 2.21. The molecule has 0 heterocycles. The third kappa shape index (κ3) is 2.58. The van der Waals surface area contributed by atoms with Crippen molar-refractivity contribution in [2.45, 2.75) is 51.4 Å². The van der Waals surface area contributed by atoms with Gasteiger partial charge in [0.1, 0.15) is 5.75 Å². The molecule has 0 amide bonds. The highest BCUT2D eigenvalue weighted by Crippen LogP contribution is 2.37. The molecule has 16 heavy (non-hydrogen) atoms. The smallest absolute Gasteiger partial charge is 0.119 e. The van der Waals surface area contributed by atoms with Crippen molar-refractivity contribution in [1.82, 2.24) is 0 Å². The van der Waals surface area contributed by atoms with E-state index in [1.165, 1.54) is 38.5 Å². The van der Waals surface area contributed by atoms with E-state index in [0.717, 1.165) is 11.5 Å². The Hall–Kier alpha value is -0.980. The van der Waals surface area contributed by atoms with Crippen LogP contribution in [0.3, 0.4) is 0 Å². The standard InChI is InChI=1S/C15H22O/c1-12(13-8-4-2-3-5-9-13)14-10-6-7-11-15(14)16/h6-7,10-13,16H,2-5,8-9H2,1H3. The predicted molar refractivity (Wildman–Crippen MR) is 67.7 cm³/mol. The lowest BCUT2D eigenvalue weighted by molar-refractivity contribution is 0.379. The van der Waals surface area contributed by atoms with E-state index in [4.69, 9.17) is 0 Å². The molecule has 1 aromatic rings. The Bertz CT molecular complexity index is 324. The summed E-state index contributed by atoms with van der Waals surface area (Å²) in [4.78, 5) is 0. The summed E-state index contributed by atoms with van der Waals surface area (Å²) >= 11 is 0. The Morgan fingerprint density at radius 1 is 1.06 bits per heavy atom. The molecule has 1 heteroatoms. The Morgan fingerprint density at radius 3 is 2.31 bits per heavy atom. The van der Waals surface area contributed by atoms with Crippen LogP contribution in [0.15, 0.2) is 24.3 Å². The second kappa shape index (κ2) is 5.38. The van der Waals surface area contributed by atoms with Gasteiger partial charge in [-0.05, 0) is 36.3 Å². The molecule has 0 aliphatic heterocycles. The third-order valence-electron chi connectivity index (χ3n) is 4.03. The number of hydrogen-bond donors (Lipinski definition) is 1. The van der Waals surface area contributed by atoms with Crippen LogP contribution in [0.4, 0.5) is 0 Å². The van der Waals surface area contributed by atoms with Gasteiger partial charge in [0.2, 0.25) is 0 Å². The molecule has 1 fully saturated rings. The summed E-state index contributed by atoms with van der Waals surface area (Å²) in [5, 5.41) is 9.88. The lowest BCUT2D eigenvalue weighted by Gasteiger charge is -2.23. The van der Waals surface area contributed by atoms with Crippen LogP contribution in [-0.4, -0.2) is 5.11 Å². The quantitative estimate of drug-likeness (QED) is 0.726. The first-order chi connectivity index (χ1) is 7.79. The van der Waals surface area contributed by atoms with E-state index in [9.17, 15) is 5.11 Å². The van der Waals surface area contributed by atoms with Crippen LogP contribution in [0.2, 0.25) is 0 Å². The molecule has 1 aliphatic carbocycles. The van der Waals surface area contributed by atoms with Crippen molar-refractivity contribution in [3.8, 4) is 5.75 Å². The molecule has 1 atom stereocenters. The fraction of sp³-hybridized carbons (Fsp3) is 0.600. The van der Waals surface area contributed by atoms with Crippen LogP contribution in [0.25, 0.3) is 0 Å². The van der Waals surface area contributed by atoms with Crippen molar-refractivity contribution in [2.75, 3.05) is 0 Å². The molecule has 1 aromatic carbocycles. The van der Waals surface area contributed by atoms with Crippen LogP contribution < -0.4 is 0 Å². The minimum Gasteiger partial charge on any atom is -0.508 e. The molecular weight excluding hydrogens is 196 g/mol. The number of rotatable bonds is 2. The molecule has 0 bridgehead atoms. The topological polar surface area (TPSA) is 20.2 Å². The van der Waals surface area contributed by atoms with Crippen LogP contribution >= 0.6 is 0 Å². The molecule has 0 saturated heterocycles. The van der Waals surface area contributed by atoms with Gasteiger partial charge in [-0.25, -0.2) is 0 Å². The van der Waals surface area contributed by atoms with Crippen molar-refractivity contribution in [1.29, 1.82) is 0 Å². The van der Waals surface area contributed by atoms with E-state index < -0.39 is 0 Å². The van der Waals surface area contributed by atoms with Crippen molar-refractivity contribution in [2.24, 2.45) is 5.92 Å². The fourth-order valence-electron chi connectivity index (χ4n) is 2.94. The first kappa shape index (κ1) is 11.5. The summed E-state index contributed by atoms with van der Waals surface area (Å²) in [5.74, 6) is 1.73. The summed E-state index contributed by atoms with van der Waals surface area (Å²) in [6.45, 7) is 2.27. The maximum atomic E-state index is 9.88. The van der Waals surface area contributed by atoms with Crippen molar-refractivity contribution in [3.63, 3.8) is 0 Å². The molecule has 0 aromatic heterocycles. The van der Waals surface area contributed by atoms with E-state index in [1.807, 2.05) is 18.2 Å². The number of benzene rings is 1. The van der Waals surface area contributed by atoms with Gasteiger partial charge in [0, 0.05) is 0 Å². The summed E-state index contributed by atoms with van der Waals surface area (Å²) in [6, 6.07) is 7.81. The normalized spacial score (nSPS) is 20.3. The average Bonchev–Trinajstić information content (AvgIpc) is 2.57. The first-order valence-corrected chi connectivity index (χ1v) is 6.57. The predicted octanol–water partition coefficient (Wildman–Crippen LogP) is 4.47. The second-order valence-corrected chi connectivity index (χ2v) is 5.10. The third-order valence-corrected chi connectivity index (χ3v) is 4.03. The Morgan fingerprint density at radius 2 is 1.69 bits per heavy atom. The Kier molecular flexibility index (Phi) is 3.87. The van der Waals surface area contributed by atoms with Gasteiger partial charge in [0.15, 0.2) is 0 Å². The zero-order chi connectivity index (χ0) is 11.4. The van der Waals surface area contributed by atoms with Crippen molar-refractivity contribution in [3.05, 3.63) is 29.8 Å². The molecule has 88 valence electrons. The second-order valence-electron chi connectivity index (χ2n) is 5.10. The van der Waals surface area contributed by atoms with Crippen LogP contribution in [0.1, 0.15) is 56.9 Å². The van der Waals surface area contributed by atoms with E-state index >= 15 is 0 Å². The summed E-state index contributed by atoms with van der Waals surface area (Å²) < 4.78 is 0. The molecule has 1 nitrogen and oxygen atoms in total. The van der Waals surface area contributed by atoms with Crippen molar-refractivity contribution >= 4 is 0 Å². The van der Waals surface area contributed by atoms with Gasteiger partial charge in [0.25, 0.3) is 0 Å². The van der Waals surface area contributed by atoms with Gasteiger partial charge in [-0.3, -0.25) is 0 Å². The molecule has 1 saturated carbocycles. The Labute approximate surface area is 98.5 Å². The Balaban J connectivity index is 2.11. The van der Waals surface area contributed by atoms with E-state index in [0.29, 0.717) is 11.7 Å². The SMILES string of the molecule is CC(c1ccccc1O)C1CCCCCC1. The number of phenols is 1. The van der Waals surface area contributed by atoms with Gasteiger partial charge in [0.05, 0.1) is 0 Å². The molecule has 1 unspecified atom stereocenters. The minimum absolute atomic E-state index is 0.472. The van der Waals surface area contributed by atoms with E-state index in [2.05, 4.69) is 13.0 Å². The zero-order valence-corrected chi connectivity index (χ0v) is 10.2. The number of para-hydroxylation sites is 1. The summed E-state index contributed by atoms with van der Waals surface area (Å²) in [5.41, 5.74) is 1.13. The largest absolute Gasteiger partial charge is 0.508 e. The lowest BCUT2D eigenvalue weighted by Crippen LogP contribution is -2.09. The number of hydrogen-bond acceptors (Lipinski definition) is 1. The molecule has 2 rings (SSSR count). The van der Waals surface area contributed by atoms with Gasteiger partial charge >= 0.3 is 0 Å². The molecule has 0 radical (unpaired) electrons. The highest BCUT2D eigenvalue weighted by molar-refractivity contribution is 5.34. The van der Waals surface area contributed by atoms with Gasteiger partial charge in [-0.1, -0.05) is 50.8 Å². The van der Waals surface area contributed by atoms with Gasteiger partial charge in [-0.15, -0.1) is 0 Å². The van der Waals surface area contributed by atoms with E-state index in [1.54, 1.807) is 0 Å². The average molecular weight is 218 g/mol. The van der Waals surface area contributed by atoms with Crippen LogP contribution in [-0.2, 0) is 0 Å². The maximum absolute atomic E-state index is 9.88. The van der Waals surface area contributed by atoms with Gasteiger partial charge in [-0.2, -0.15) is 0 Å².